The molecule has 2 aromatic heterocycles. The number of nitrogen functional groups attached to an aromatic ring is 1. The minimum absolute atomic E-state index is 0.0752. The number of hydrogen-bond donors (Lipinski definition) is 2. The van der Waals surface area contributed by atoms with E-state index in [1.54, 1.807) is 13.0 Å². The van der Waals surface area contributed by atoms with E-state index >= 15 is 0 Å². The SMILES string of the molecule is Cc1cc(C)n2nc(N)nc2c1C(=O)O. The van der Waals surface area contributed by atoms with Gasteiger partial charge in [0.2, 0.25) is 5.95 Å². The molecule has 0 saturated heterocycles. The van der Waals surface area contributed by atoms with Gasteiger partial charge in [-0.25, -0.2) is 9.31 Å². The molecular formula is C9H10N4O2. The third kappa shape index (κ3) is 1.30. The van der Waals surface area contributed by atoms with Gasteiger partial charge in [0.15, 0.2) is 5.65 Å². The van der Waals surface area contributed by atoms with Gasteiger partial charge in [0.1, 0.15) is 5.56 Å². The molecule has 78 valence electrons. The van der Waals surface area contributed by atoms with E-state index in [9.17, 15) is 4.79 Å². The van der Waals surface area contributed by atoms with Crippen molar-refractivity contribution in [1.82, 2.24) is 14.6 Å². The van der Waals surface area contributed by atoms with Crippen LogP contribution < -0.4 is 5.73 Å². The van der Waals surface area contributed by atoms with Gasteiger partial charge in [0, 0.05) is 5.69 Å². The summed E-state index contributed by atoms with van der Waals surface area (Å²) in [5.74, 6) is -0.948. The van der Waals surface area contributed by atoms with Gasteiger partial charge in [-0.1, -0.05) is 0 Å². The van der Waals surface area contributed by atoms with Crippen molar-refractivity contribution in [3.8, 4) is 0 Å². The summed E-state index contributed by atoms with van der Waals surface area (Å²) in [4.78, 5) is 14.9. The highest BCUT2D eigenvalue weighted by Gasteiger charge is 2.17. The van der Waals surface area contributed by atoms with Gasteiger partial charge in [-0.2, -0.15) is 4.98 Å². The molecule has 0 spiro atoms. The monoisotopic (exact) mass is 206 g/mol. The van der Waals surface area contributed by atoms with Crippen LogP contribution in [-0.2, 0) is 0 Å². The van der Waals surface area contributed by atoms with E-state index in [0.717, 1.165) is 5.69 Å². The van der Waals surface area contributed by atoms with Crippen LogP contribution in [0.2, 0.25) is 0 Å². The van der Waals surface area contributed by atoms with Crippen molar-refractivity contribution in [2.75, 3.05) is 5.73 Å². The highest BCUT2D eigenvalue weighted by molar-refractivity contribution is 5.96. The Bertz CT molecular complexity index is 559. The Labute approximate surface area is 85.3 Å². The number of aryl methyl sites for hydroxylation is 2. The van der Waals surface area contributed by atoms with Crippen molar-refractivity contribution < 1.29 is 9.90 Å². The molecule has 6 heteroatoms. The zero-order valence-electron chi connectivity index (χ0n) is 8.35. The van der Waals surface area contributed by atoms with E-state index in [1.807, 2.05) is 6.92 Å². The largest absolute Gasteiger partial charge is 0.478 e. The average molecular weight is 206 g/mol. The molecule has 15 heavy (non-hydrogen) atoms. The van der Waals surface area contributed by atoms with E-state index in [2.05, 4.69) is 10.1 Å². The maximum absolute atomic E-state index is 11.0. The van der Waals surface area contributed by atoms with Crippen molar-refractivity contribution in [2.45, 2.75) is 13.8 Å². The Balaban J connectivity index is 2.95. The molecule has 0 aliphatic rings. The second kappa shape index (κ2) is 2.94. The molecule has 2 heterocycles. The minimum atomic E-state index is -1.02. The fourth-order valence-electron chi connectivity index (χ4n) is 1.62. The normalized spacial score (nSPS) is 10.8. The topological polar surface area (TPSA) is 93.5 Å². The molecule has 0 aliphatic carbocycles. The van der Waals surface area contributed by atoms with Gasteiger partial charge in [-0.3, -0.25) is 0 Å². The number of anilines is 1. The number of rotatable bonds is 1. The standard InChI is InChI=1S/C9H10N4O2/c1-4-3-5(2)13-7(6(4)8(14)15)11-9(10)12-13/h3H,1-2H3,(H2,10,12)(H,14,15). The van der Waals surface area contributed by atoms with Gasteiger partial charge in [0.25, 0.3) is 0 Å². The van der Waals surface area contributed by atoms with Crippen LogP contribution in [0.5, 0.6) is 0 Å². The van der Waals surface area contributed by atoms with Crippen LogP contribution in [0.3, 0.4) is 0 Å². The van der Waals surface area contributed by atoms with E-state index < -0.39 is 5.97 Å². The number of pyridine rings is 1. The fraction of sp³-hybridized carbons (Fsp3) is 0.222. The van der Waals surface area contributed by atoms with Crippen LogP contribution in [0.15, 0.2) is 6.07 Å². The van der Waals surface area contributed by atoms with Crippen LogP contribution in [0.25, 0.3) is 5.65 Å². The van der Waals surface area contributed by atoms with Crippen molar-refractivity contribution in [2.24, 2.45) is 0 Å². The minimum Gasteiger partial charge on any atom is -0.478 e. The van der Waals surface area contributed by atoms with Gasteiger partial charge >= 0.3 is 5.97 Å². The predicted molar refractivity (Wildman–Crippen MR) is 53.8 cm³/mol. The molecule has 0 amide bonds. The van der Waals surface area contributed by atoms with Crippen LogP contribution >= 0.6 is 0 Å². The van der Waals surface area contributed by atoms with E-state index in [-0.39, 0.29) is 17.2 Å². The summed E-state index contributed by atoms with van der Waals surface area (Å²) in [7, 11) is 0. The number of fused-ring (bicyclic) bond motifs is 1. The number of carboxylic acid groups (broad SMARTS) is 1. The average Bonchev–Trinajstić information content (AvgIpc) is 2.45. The van der Waals surface area contributed by atoms with Crippen molar-refractivity contribution in [1.29, 1.82) is 0 Å². The molecule has 0 aliphatic heterocycles. The van der Waals surface area contributed by atoms with Gasteiger partial charge < -0.3 is 10.8 Å². The Morgan fingerprint density at radius 2 is 2.20 bits per heavy atom. The smallest absolute Gasteiger partial charge is 0.339 e. The summed E-state index contributed by atoms with van der Waals surface area (Å²) in [5.41, 5.74) is 7.33. The molecule has 2 aromatic rings. The Kier molecular flexibility index (Phi) is 1.85. The zero-order chi connectivity index (χ0) is 11.2. The lowest BCUT2D eigenvalue weighted by atomic mass is 10.1. The summed E-state index contributed by atoms with van der Waals surface area (Å²) in [6.07, 6.45) is 0. The molecule has 0 aromatic carbocycles. The van der Waals surface area contributed by atoms with Crippen LogP contribution in [0.1, 0.15) is 21.6 Å². The lowest BCUT2D eigenvalue weighted by molar-refractivity contribution is 0.0697. The van der Waals surface area contributed by atoms with E-state index in [1.165, 1.54) is 4.52 Å². The zero-order valence-corrected chi connectivity index (χ0v) is 8.35. The number of nitrogens with two attached hydrogens (primary N) is 1. The fourth-order valence-corrected chi connectivity index (χ4v) is 1.62. The van der Waals surface area contributed by atoms with Crippen molar-refractivity contribution >= 4 is 17.6 Å². The maximum atomic E-state index is 11.0. The van der Waals surface area contributed by atoms with Crippen molar-refractivity contribution in [3.63, 3.8) is 0 Å². The second-order valence-electron chi connectivity index (χ2n) is 3.35. The molecule has 0 bridgehead atoms. The molecular weight excluding hydrogens is 196 g/mol. The third-order valence-corrected chi connectivity index (χ3v) is 2.21. The maximum Gasteiger partial charge on any atom is 0.339 e. The first kappa shape index (κ1) is 9.45. The van der Waals surface area contributed by atoms with E-state index in [0.29, 0.717) is 5.56 Å². The number of hydrogen-bond acceptors (Lipinski definition) is 4. The summed E-state index contributed by atoms with van der Waals surface area (Å²) in [6.45, 7) is 3.54. The molecule has 6 nitrogen and oxygen atoms in total. The molecule has 3 N–H and O–H groups in total. The highest BCUT2D eigenvalue weighted by atomic mass is 16.4. The molecule has 0 fully saturated rings. The highest BCUT2D eigenvalue weighted by Crippen LogP contribution is 2.17. The van der Waals surface area contributed by atoms with Crippen molar-refractivity contribution in [3.05, 3.63) is 22.9 Å². The number of carboxylic acids is 1. The first-order valence-electron chi connectivity index (χ1n) is 4.36. The first-order chi connectivity index (χ1) is 7.00. The van der Waals surface area contributed by atoms with Crippen LogP contribution in [-0.4, -0.2) is 25.7 Å². The third-order valence-electron chi connectivity index (χ3n) is 2.21. The summed E-state index contributed by atoms with van der Waals surface area (Å²) in [5, 5.41) is 13.0. The predicted octanol–water partition coefficient (Wildman–Crippen LogP) is 0.627. The summed E-state index contributed by atoms with van der Waals surface area (Å²) < 4.78 is 1.44. The molecule has 0 radical (unpaired) electrons. The Morgan fingerprint density at radius 3 is 2.80 bits per heavy atom. The summed E-state index contributed by atoms with van der Waals surface area (Å²) >= 11 is 0. The van der Waals surface area contributed by atoms with E-state index in [4.69, 9.17) is 10.8 Å². The molecule has 0 saturated carbocycles. The summed E-state index contributed by atoms with van der Waals surface area (Å²) in [6, 6.07) is 1.74. The second-order valence-corrected chi connectivity index (χ2v) is 3.35. The number of aromatic carboxylic acids is 1. The number of carbonyl (C=O) groups is 1. The number of nitrogens with zero attached hydrogens (tertiary/aromatic N) is 3. The molecule has 0 unspecified atom stereocenters. The molecule has 2 rings (SSSR count). The molecule has 0 atom stereocenters. The lowest BCUT2D eigenvalue weighted by Gasteiger charge is -2.04. The van der Waals surface area contributed by atoms with Gasteiger partial charge in [-0.05, 0) is 25.5 Å². The quantitative estimate of drug-likeness (QED) is 0.713. The van der Waals surface area contributed by atoms with Crippen LogP contribution in [0, 0.1) is 13.8 Å². The number of aromatic nitrogens is 3. The Morgan fingerprint density at radius 1 is 1.53 bits per heavy atom. The van der Waals surface area contributed by atoms with Gasteiger partial charge in [0.05, 0.1) is 0 Å². The lowest BCUT2D eigenvalue weighted by Crippen LogP contribution is -2.06. The Hall–Kier alpha value is -2.11. The van der Waals surface area contributed by atoms with Gasteiger partial charge in [-0.15, -0.1) is 5.10 Å². The van der Waals surface area contributed by atoms with Crippen LogP contribution in [0.4, 0.5) is 5.95 Å². The first-order valence-corrected chi connectivity index (χ1v) is 4.36.